The quantitative estimate of drug-likeness (QED) is 0.908. The monoisotopic (exact) mass is 268 g/mol. The molecule has 1 amide bonds. The number of piperidine rings is 1. The van der Waals surface area contributed by atoms with Gasteiger partial charge in [0.2, 0.25) is 5.91 Å². The molecule has 1 N–H and O–H groups in total. The molecule has 0 aliphatic carbocycles. The second-order valence-electron chi connectivity index (χ2n) is 4.95. The number of hydrogen-bond donors (Lipinski definition) is 1. The normalized spacial score (nSPS) is 16.4. The summed E-state index contributed by atoms with van der Waals surface area (Å²) in [5.74, 6) is -1.17. The van der Waals surface area contributed by atoms with Crippen LogP contribution in [0.1, 0.15) is 18.4 Å². The number of hydrogen-bond acceptors (Lipinski definition) is 2. The molecule has 104 valence electrons. The fraction of sp³-hybridized carbons (Fsp3) is 0.500. The number of benzene rings is 1. The Bertz CT molecular complexity index is 459. The smallest absolute Gasteiger partial charge is 0.225 e. The minimum atomic E-state index is -0.607. The van der Waals surface area contributed by atoms with Gasteiger partial charge in [0, 0.05) is 31.1 Å². The van der Waals surface area contributed by atoms with Crippen molar-refractivity contribution in [3.05, 3.63) is 35.4 Å². The maximum atomic E-state index is 13.5. The fourth-order valence-corrected chi connectivity index (χ4v) is 2.36. The number of carbonyl (C=O) groups excluding carboxylic acids is 1. The van der Waals surface area contributed by atoms with Gasteiger partial charge in [0.15, 0.2) is 0 Å². The Labute approximate surface area is 111 Å². The summed E-state index contributed by atoms with van der Waals surface area (Å²) in [5.41, 5.74) is 0.339. The minimum absolute atomic E-state index is 0.00904. The highest BCUT2D eigenvalue weighted by Crippen LogP contribution is 2.17. The summed E-state index contributed by atoms with van der Waals surface area (Å²) in [5, 5.41) is 3.20. The molecular formula is C14H18F2N2O. The van der Waals surface area contributed by atoms with Crippen LogP contribution in [0.25, 0.3) is 0 Å². The first-order valence-corrected chi connectivity index (χ1v) is 6.47. The predicted octanol–water partition coefficient (Wildman–Crippen LogP) is 1.92. The topological polar surface area (TPSA) is 32.3 Å². The van der Waals surface area contributed by atoms with Gasteiger partial charge in [-0.2, -0.15) is 0 Å². The summed E-state index contributed by atoms with van der Waals surface area (Å²) in [6.07, 6.45) is 1.63. The van der Waals surface area contributed by atoms with Crippen LogP contribution in [-0.4, -0.2) is 30.9 Å². The van der Waals surface area contributed by atoms with Crippen molar-refractivity contribution in [3.63, 3.8) is 0 Å². The summed E-state index contributed by atoms with van der Waals surface area (Å²) in [4.78, 5) is 13.7. The van der Waals surface area contributed by atoms with Gasteiger partial charge < -0.3 is 10.2 Å². The molecule has 3 nitrogen and oxygen atoms in total. The van der Waals surface area contributed by atoms with Crippen molar-refractivity contribution in [2.24, 2.45) is 5.92 Å². The summed E-state index contributed by atoms with van der Waals surface area (Å²) in [7, 11) is 1.66. The maximum Gasteiger partial charge on any atom is 0.225 e. The van der Waals surface area contributed by atoms with Gasteiger partial charge in [-0.1, -0.05) is 6.07 Å². The summed E-state index contributed by atoms with van der Waals surface area (Å²) < 4.78 is 26.3. The standard InChI is InChI=1S/C14H18F2N2O/c1-18(14(19)10-4-6-17-7-5-10)9-11-2-3-12(15)8-13(11)16/h2-3,8,10,17H,4-7,9H2,1H3. The summed E-state index contributed by atoms with van der Waals surface area (Å²) in [6.45, 7) is 1.86. The lowest BCUT2D eigenvalue weighted by atomic mass is 9.96. The van der Waals surface area contributed by atoms with Gasteiger partial charge in [-0.25, -0.2) is 8.78 Å². The summed E-state index contributed by atoms with van der Waals surface area (Å²) in [6, 6.07) is 3.44. The van der Waals surface area contributed by atoms with Crippen molar-refractivity contribution in [2.75, 3.05) is 20.1 Å². The SMILES string of the molecule is CN(Cc1ccc(F)cc1F)C(=O)C1CCNCC1. The number of nitrogens with one attached hydrogen (secondary N) is 1. The molecule has 0 radical (unpaired) electrons. The molecule has 1 aromatic rings. The van der Waals surface area contributed by atoms with Gasteiger partial charge in [-0.3, -0.25) is 4.79 Å². The maximum absolute atomic E-state index is 13.5. The van der Waals surface area contributed by atoms with E-state index < -0.39 is 11.6 Å². The van der Waals surface area contributed by atoms with Crippen molar-refractivity contribution < 1.29 is 13.6 Å². The van der Waals surface area contributed by atoms with Crippen molar-refractivity contribution >= 4 is 5.91 Å². The first kappa shape index (κ1) is 13.9. The molecule has 0 spiro atoms. The molecule has 1 aromatic carbocycles. The van der Waals surface area contributed by atoms with Crippen LogP contribution < -0.4 is 5.32 Å². The third-order valence-corrected chi connectivity index (χ3v) is 3.49. The van der Waals surface area contributed by atoms with E-state index in [1.807, 2.05) is 0 Å². The lowest BCUT2D eigenvalue weighted by molar-refractivity contribution is -0.135. The number of halogens is 2. The van der Waals surface area contributed by atoms with E-state index in [4.69, 9.17) is 0 Å². The molecule has 1 aliphatic heterocycles. The molecule has 1 aliphatic rings. The Morgan fingerprint density at radius 3 is 2.68 bits per heavy atom. The Balaban J connectivity index is 1.99. The van der Waals surface area contributed by atoms with Crippen LogP contribution in [0.15, 0.2) is 18.2 Å². The van der Waals surface area contributed by atoms with E-state index in [2.05, 4.69) is 5.32 Å². The first-order valence-electron chi connectivity index (χ1n) is 6.47. The second-order valence-corrected chi connectivity index (χ2v) is 4.95. The van der Waals surface area contributed by atoms with Gasteiger partial charge in [-0.15, -0.1) is 0 Å². The van der Waals surface area contributed by atoms with E-state index in [9.17, 15) is 13.6 Å². The molecule has 0 unspecified atom stereocenters. The molecule has 1 heterocycles. The summed E-state index contributed by atoms with van der Waals surface area (Å²) >= 11 is 0. The van der Waals surface area contributed by atoms with Gasteiger partial charge in [-0.05, 0) is 32.0 Å². The van der Waals surface area contributed by atoms with Crippen LogP contribution in [0.4, 0.5) is 8.78 Å². The highest BCUT2D eigenvalue weighted by atomic mass is 19.1. The highest BCUT2D eigenvalue weighted by molar-refractivity contribution is 5.78. The highest BCUT2D eigenvalue weighted by Gasteiger charge is 2.24. The zero-order valence-corrected chi connectivity index (χ0v) is 11.0. The van der Waals surface area contributed by atoms with Gasteiger partial charge in [0.25, 0.3) is 0 Å². The van der Waals surface area contributed by atoms with Gasteiger partial charge in [0.1, 0.15) is 11.6 Å². The molecule has 0 atom stereocenters. The van der Waals surface area contributed by atoms with Crippen LogP contribution in [0, 0.1) is 17.6 Å². The van der Waals surface area contributed by atoms with E-state index in [-0.39, 0.29) is 18.4 Å². The van der Waals surface area contributed by atoms with Gasteiger partial charge in [0.05, 0.1) is 0 Å². The van der Waals surface area contributed by atoms with Crippen LogP contribution in [0.5, 0.6) is 0 Å². The average molecular weight is 268 g/mol. The van der Waals surface area contributed by atoms with Crippen molar-refractivity contribution in [2.45, 2.75) is 19.4 Å². The lowest BCUT2D eigenvalue weighted by Crippen LogP contribution is -2.39. The molecule has 2 rings (SSSR count). The Morgan fingerprint density at radius 2 is 2.05 bits per heavy atom. The van der Waals surface area contributed by atoms with Crippen LogP contribution in [0.2, 0.25) is 0 Å². The molecule has 1 fully saturated rings. The minimum Gasteiger partial charge on any atom is -0.341 e. The Hall–Kier alpha value is -1.49. The molecule has 5 heteroatoms. The first-order chi connectivity index (χ1) is 9.08. The number of rotatable bonds is 3. The van der Waals surface area contributed by atoms with Gasteiger partial charge >= 0.3 is 0 Å². The Kier molecular flexibility index (Phi) is 4.47. The third kappa shape index (κ3) is 3.50. The van der Waals surface area contributed by atoms with E-state index in [0.717, 1.165) is 32.0 Å². The largest absolute Gasteiger partial charge is 0.341 e. The van der Waals surface area contributed by atoms with Crippen LogP contribution >= 0.6 is 0 Å². The molecular weight excluding hydrogens is 250 g/mol. The predicted molar refractivity (Wildman–Crippen MR) is 68.4 cm³/mol. The zero-order chi connectivity index (χ0) is 13.8. The Morgan fingerprint density at radius 1 is 1.37 bits per heavy atom. The molecule has 0 bridgehead atoms. The van der Waals surface area contributed by atoms with Crippen molar-refractivity contribution in [1.29, 1.82) is 0 Å². The fourth-order valence-electron chi connectivity index (χ4n) is 2.36. The molecule has 19 heavy (non-hydrogen) atoms. The van der Waals surface area contributed by atoms with E-state index in [1.54, 1.807) is 7.05 Å². The molecule has 0 saturated carbocycles. The van der Waals surface area contributed by atoms with Crippen LogP contribution in [-0.2, 0) is 11.3 Å². The zero-order valence-electron chi connectivity index (χ0n) is 11.0. The van der Waals surface area contributed by atoms with Crippen LogP contribution in [0.3, 0.4) is 0 Å². The molecule has 1 saturated heterocycles. The second kappa shape index (κ2) is 6.10. The van der Waals surface area contributed by atoms with Crippen molar-refractivity contribution in [1.82, 2.24) is 10.2 Å². The number of nitrogens with zero attached hydrogens (tertiary/aromatic N) is 1. The lowest BCUT2D eigenvalue weighted by Gasteiger charge is -2.27. The third-order valence-electron chi connectivity index (χ3n) is 3.49. The average Bonchev–Trinajstić information content (AvgIpc) is 2.42. The number of carbonyl (C=O) groups is 1. The van der Waals surface area contributed by atoms with Crippen molar-refractivity contribution in [3.8, 4) is 0 Å². The van der Waals surface area contributed by atoms with E-state index in [1.165, 1.54) is 17.0 Å². The van der Waals surface area contributed by atoms with E-state index >= 15 is 0 Å². The molecule has 0 aromatic heterocycles. The van der Waals surface area contributed by atoms with E-state index in [0.29, 0.717) is 5.56 Å². The number of amides is 1.